The number of halogens is 1. The van der Waals surface area contributed by atoms with Gasteiger partial charge in [0.2, 0.25) is 0 Å². The molecular formula is C13H13FN2O3S. The molecule has 0 fully saturated rings. The number of rotatable bonds is 6. The Morgan fingerprint density at radius 1 is 1.55 bits per heavy atom. The fraction of sp³-hybridized carbons (Fsp3) is 0.231. The van der Waals surface area contributed by atoms with Gasteiger partial charge in [-0.25, -0.2) is 9.37 Å². The van der Waals surface area contributed by atoms with E-state index in [-0.39, 0.29) is 12.2 Å². The number of nitrogens with one attached hydrogen (secondary N) is 1. The van der Waals surface area contributed by atoms with E-state index >= 15 is 0 Å². The van der Waals surface area contributed by atoms with Crippen LogP contribution in [0.5, 0.6) is 5.75 Å². The van der Waals surface area contributed by atoms with Crippen molar-refractivity contribution in [1.82, 2.24) is 4.98 Å². The third-order valence-electron chi connectivity index (χ3n) is 2.55. The Labute approximate surface area is 119 Å². The van der Waals surface area contributed by atoms with Crippen molar-refractivity contribution in [3.05, 3.63) is 35.1 Å². The van der Waals surface area contributed by atoms with E-state index in [2.05, 4.69) is 10.3 Å². The molecule has 0 bridgehead atoms. The van der Waals surface area contributed by atoms with Crippen LogP contribution in [0.4, 0.5) is 15.2 Å². The first-order valence-electron chi connectivity index (χ1n) is 5.85. The minimum atomic E-state index is -0.851. The van der Waals surface area contributed by atoms with Crippen LogP contribution in [-0.2, 0) is 11.2 Å². The van der Waals surface area contributed by atoms with E-state index < -0.39 is 11.8 Å². The maximum absolute atomic E-state index is 13.3. The van der Waals surface area contributed by atoms with Crippen molar-refractivity contribution in [1.29, 1.82) is 0 Å². The lowest BCUT2D eigenvalue weighted by Gasteiger charge is -2.06. The highest BCUT2D eigenvalue weighted by Crippen LogP contribution is 2.26. The number of benzene rings is 1. The van der Waals surface area contributed by atoms with Gasteiger partial charge in [0.05, 0.1) is 19.2 Å². The molecule has 2 aromatic rings. The quantitative estimate of drug-likeness (QED) is 0.857. The van der Waals surface area contributed by atoms with Crippen LogP contribution in [0.15, 0.2) is 23.6 Å². The SMILES string of the molecule is COc1cc(Nc2nc(CCC(=O)O)cs2)ccc1F. The number of carbonyl (C=O) groups is 1. The van der Waals surface area contributed by atoms with Crippen molar-refractivity contribution in [3.63, 3.8) is 0 Å². The summed E-state index contributed by atoms with van der Waals surface area (Å²) in [7, 11) is 1.40. The van der Waals surface area contributed by atoms with Gasteiger partial charge < -0.3 is 15.2 Å². The van der Waals surface area contributed by atoms with Crippen LogP contribution < -0.4 is 10.1 Å². The molecule has 1 aromatic heterocycles. The predicted octanol–water partition coefficient (Wildman–Crippen LogP) is 3.05. The van der Waals surface area contributed by atoms with Crippen molar-refractivity contribution in [2.24, 2.45) is 0 Å². The second-order valence-corrected chi connectivity index (χ2v) is 4.87. The number of methoxy groups -OCH3 is 1. The highest BCUT2D eigenvalue weighted by atomic mass is 32.1. The zero-order valence-electron chi connectivity index (χ0n) is 10.7. The van der Waals surface area contributed by atoms with Gasteiger partial charge in [0.15, 0.2) is 16.7 Å². The highest BCUT2D eigenvalue weighted by Gasteiger charge is 2.07. The molecule has 2 N–H and O–H groups in total. The van der Waals surface area contributed by atoms with Crippen LogP contribution in [0.25, 0.3) is 0 Å². The van der Waals surface area contributed by atoms with Gasteiger partial charge in [-0.05, 0) is 12.1 Å². The van der Waals surface area contributed by atoms with E-state index in [0.29, 0.717) is 22.9 Å². The first-order valence-corrected chi connectivity index (χ1v) is 6.73. The van der Waals surface area contributed by atoms with Crippen LogP contribution in [0.3, 0.4) is 0 Å². The summed E-state index contributed by atoms with van der Waals surface area (Å²) >= 11 is 1.36. The molecule has 1 heterocycles. The van der Waals surface area contributed by atoms with Crippen molar-refractivity contribution >= 4 is 28.1 Å². The Morgan fingerprint density at radius 2 is 2.35 bits per heavy atom. The molecule has 0 spiro atoms. The molecule has 7 heteroatoms. The number of aryl methyl sites for hydroxylation is 1. The number of hydrogen-bond acceptors (Lipinski definition) is 5. The number of carboxylic acid groups (broad SMARTS) is 1. The van der Waals surface area contributed by atoms with Crippen LogP contribution in [0.2, 0.25) is 0 Å². The summed E-state index contributed by atoms with van der Waals surface area (Å²) in [4.78, 5) is 14.7. The molecule has 0 saturated heterocycles. The Balaban J connectivity index is 2.04. The molecule has 2 rings (SSSR count). The third-order valence-corrected chi connectivity index (χ3v) is 3.36. The van der Waals surface area contributed by atoms with Crippen molar-refractivity contribution < 1.29 is 19.0 Å². The summed E-state index contributed by atoms with van der Waals surface area (Å²) in [6.07, 6.45) is 0.438. The molecule has 0 amide bonds. The molecule has 0 saturated carbocycles. The van der Waals surface area contributed by atoms with Gasteiger partial charge in [0.25, 0.3) is 0 Å². The lowest BCUT2D eigenvalue weighted by Crippen LogP contribution is -1.98. The van der Waals surface area contributed by atoms with E-state index in [0.717, 1.165) is 0 Å². The minimum Gasteiger partial charge on any atom is -0.494 e. The molecule has 0 aliphatic rings. The Bertz CT molecular complexity index is 615. The average molecular weight is 296 g/mol. The maximum Gasteiger partial charge on any atom is 0.303 e. The lowest BCUT2D eigenvalue weighted by molar-refractivity contribution is -0.136. The predicted molar refractivity (Wildman–Crippen MR) is 74.3 cm³/mol. The number of hydrogen-bond donors (Lipinski definition) is 2. The van der Waals surface area contributed by atoms with Crippen LogP contribution in [-0.4, -0.2) is 23.2 Å². The standard InChI is InChI=1S/C13H13FN2O3S/c1-19-11-6-8(2-4-10(11)14)15-13-16-9(7-20-13)3-5-12(17)18/h2,4,6-7H,3,5H2,1H3,(H,15,16)(H,17,18). The number of aliphatic carboxylic acids is 1. The zero-order chi connectivity index (χ0) is 14.5. The van der Waals surface area contributed by atoms with Gasteiger partial charge in [-0.15, -0.1) is 11.3 Å². The van der Waals surface area contributed by atoms with Crippen molar-refractivity contribution in [3.8, 4) is 5.75 Å². The van der Waals surface area contributed by atoms with E-state index in [4.69, 9.17) is 9.84 Å². The smallest absolute Gasteiger partial charge is 0.303 e. The molecule has 0 radical (unpaired) electrons. The van der Waals surface area contributed by atoms with Crippen LogP contribution in [0.1, 0.15) is 12.1 Å². The van der Waals surface area contributed by atoms with E-state index in [9.17, 15) is 9.18 Å². The van der Waals surface area contributed by atoms with Gasteiger partial charge in [0.1, 0.15) is 0 Å². The Hall–Kier alpha value is -2.15. The van der Waals surface area contributed by atoms with Crippen molar-refractivity contribution in [2.75, 3.05) is 12.4 Å². The summed E-state index contributed by atoms with van der Waals surface area (Å²) < 4.78 is 18.2. The van der Waals surface area contributed by atoms with Gasteiger partial charge in [0, 0.05) is 23.6 Å². The minimum absolute atomic E-state index is 0.0492. The molecule has 5 nitrogen and oxygen atoms in total. The number of carboxylic acids is 1. The summed E-state index contributed by atoms with van der Waals surface area (Å²) in [6, 6.07) is 4.42. The molecule has 0 unspecified atom stereocenters. The largest absolute Gasteiger partial charge is 0.494 e. The molecule has 106 valence electrons. The Kier molecular flexibility index (Phi) is 4.52. The highest BCUT2D eigenvalue weighted by molar-refractivity contribution is 7.13. The molecule has 1 aromatic carbocycles. The fourth-order valence-corrected chi connectivity index (χ4v) is 2.34. The molecule has 20 heavy (non-hydrogen) atoms. The van der Waals surface area contributed by atoms with Gasteiger partial charge in [-0.3, -0.25) is 4.79 Å². The first kappa shape index (κ1) is 14.3. The number of anilines is 2. The molecule has 0 aliphatic heterocycles. The van der Waals surface area contributed by atoms with E-state index in [1.807, 2.05) is 0 Å². The first-order chi connectivity index (χ1) is 9.58. The summed E-state index contributed by atoms with van der Waals surface area (Å²) in [5.74, 6) is -1.13. The van der Waals surface area contributed by atoms with Gasteiger partial charge >= 0.3 is 5.97 Å². The van der Waals surface area contributed by atoms with Gasteiger partial charge in [-0.2, -0.15) is 0 Å². The number of thiazole rings is 1. The molecule has 0 aliphatic carbocycles. The van der Waals surface area contributed by atoms with Gasteiger partial charge in [-0.1, -0.05) is 0 Å². The second-order valence-electron chi connectivity index (χ2n) is 4.01. The number of ether oxygens (including phenoxy) is 1. The second kappa shape index (κ2) is 6.33. The number of nitrogens with zero attached hydrogens (tertiary/aromatic N) is 1. The van der Waals surface area contributed by atoms with E-state index in [1.165, 1.54) is 30.6 Å². The summed E-state index contributed by atoms with van der Waals surface area (Å²) in [5, 5.41) is 14.1. The summed E-state index contributed by atoms with van der Waals surface area (Å²) in [6.45, 7) is 0. The fourth-order valence-electron chi connectivity index (χ4n) is 1.58. The number of aromatic nitrogens is 1. The third kappa shape index (κ3) is 3.67. The molecule has 0 atom stereocenters. The molecular weight excluding hydrogens is 283 g/mol. The average Bonchev–Trinajstić information content (AvgIpc) is 2.86. The normalized spacial score (nSPS) is 10.3. The van der Waals surface area contributed by atoms with E-state index in [1.54, 1.807) is 11.4 Å². The summed E-state index contributed by atoms with van der Waals surface area (Å²) in [5.41, 5.74) is 1.37. The van der Waals surface area contributed by atoms with Crippen LogP contribution >= 0.6 is 11.3 Å². The Morgan fingerprint density at radius 3 is 3.05 bits per heavy atom. The van der Waals surface area contributed by atoms with Crippen molar-refractivity contribution in [2.45, 2.75) is 12.8 Å². The monoisotopic (exact) mass is 296 g/mol. The van der Waals surface area contributed by atoms with Crippen LogP contribution in [0, 0.1) is 5.82 Å². The zero-order valence-corrected chi connectivity index (χ0v) is 11.5. The maximum atomic E-state index is 13.3. The topological polar surface area (TPSA) is 71.5 Å². The lowest BCUT2D eigenvalue weighted by atomic mass is 10.2.